The van der Waals surface area contributed by atoms with Crippen LogP contribution in [-0.4, -0.2) is 37.6 Å². The summed E-state index contributed by atoms with van der Waals surface area (Å²) in [7, 11) is 1.36. The van der Waals surface area contributed by atoms with E-state index in [0.717, 1.165) is 12.1 Å². The Morgan fingerprint density at radius 2 is 1.79 bits per heavy atom. The van der Waals surface area contributed by atoms with Gasteiger partial charge in [0.1, 0.15) is 17.3 Å². The highest BCUT2D eigenvalue weighted by molar-refractivity contribution is 6.32. The fourth-order valence-electron chi connectivity index (χ4n) is 4.95. The lowest BCUT2D eigenvalue weighted by Crippen LogP contribution is -2.54. The molecule has 0 bridgehead atoms. The zero-order valence-electron chi connectivity index (χ0n) is 22.1. The SMILES string of the molecule is COc1ccc(C(Cc2ccccc2)(NC(=O)NC2CCC(F)(F)C2)c2cc(F)cc(OC(F)(F)C(F)F)c2)cc1Cl. The van der Waals surface area contributed by atoms with Crippen molar-refractivity contribution in [2.75, 3.05) is 7.11 Å². The number of methoxy groups -OCH3 is 1. The van der Waals surface area contributed by atoms with Gasteiger partial charge >= 0.3 is 18.6 Å². The maximum atomic E-state index is 15.0. The van der Waals surface area contributed by atoms with E-state index in [2.05, 4.69) is 15.4 Å². The molecule has 1 fully saturated rings. The quantitative estimate of drug-likeness (QED) is 0.229. The van der Waals surface area contributed by atoms with Crippen LogP contribution in [0.25, 0.3) is 0 Å². The summed E-state index contributed by atoms with van der Waals surface area (Å²) in [5.74, 6) is -4.80. The van der Waals surface area contributed by atoms with Gasteiger partial charge in [-0.3, -0.25) is 0 Å². The van der Waals surface area contributed by atoms with Crippen LogP contribution >= 0.6 is 11.6 Å². The number of rotatable bonds is 10. The Balaban J connectivity index is 1.88. The normalized spacial score (nSPS) is 17.9. The lowest BCUT2D eigenvalue weighted by Gasteiger charge is -2.37. The first kappa shape index (κ1) is 31.3. The minimum atomic E-state index is -4.95. The summed E-state index contributed by atoms with van der Waals surface area (Å²) in [6.07, 6.45) is -10.3. The second kappa shape index (κ2) is 12.3. The second-order valence-corrected chi connectivity index (χ2v) is 10.4. The van der Waals surface area contributed by atoms with Gasteiger partial charge in [0.25, 0.3) is 0 Å². The summed E-state index contributed by atoms with van der Waals surface area (Å²) < 4.78 is 105. The van der Waals surface area contributed by atoms with E-state index in [0.29, 0.717) is 11.6 Å². The minimum absolute atomic E-state index is 0.00112. The third-order valence-corrected chi connectivity index (χ3v) is 7.19. The van der Waals surface area contributed by atoms with Crippen molar-refractivity contribution in [3.05, 3.63) is 94.3 Å². The van der Waals surface area contributed by atoms with Crippen molar-refractivity contribution in [3.8, 4) is 11.5 Å². The van der Waals surface area contributed by atoms with Gasteiger partial charge in [-0.1, -0.05) is 48.0 Å². The molecule has 2 N–H and O–H groups in total. The molecule has 42 heavy (non-hydrogen) atoms. The van der Waals surface area contributed by atoms with Crippen molar-refractivity contribution in [1.29, 1.82) is 0 Å². The lowest BCUT2D eigenvalue weighted by molar-refractivity contribution is -0.253. The van der Waals surface area contributed by atoms with Crippen LogP contribution in [0, 0.1) is 5.82 Å². The summed E-state index contributed by atoms with van der Waals surface area (Å²) in [6.45, 7) is 0. The van der Waals surface area contributed by atoms with Crippen molar-refractivity contribution < 1.29 is 45.0 Å². The first-order valence-electron chi connectivity index (χ1n) is 12.7. The van der Waals surface area contributed by atoms with Crippen LogP contribution in [0.5, 0.6) is 11.5 Å². The van der Waals surface area contributed by atoms with Crippen LogP contribution < -0.4 is 20.1 Å². The van der Waals surface area contributed by atoms with E-state index >= 15 is 0 Å². The van der Waals surface area contributed by atoms with Crippen molar-refractivity contribution in [2.24, 2.45) is 0 Å². The molecule has 1 aliphatic rings. The number of hydrogen-bond donors (Lipinski definition) is 2. The molecule has 2 atom stereocenters. The van der Waals surface area contributed by atoms with E-state index in [1.807, 2.05) is 0 Å². The standard InChI is InChI=1S/C29H26ClF7N2O3/c1-41-24-8-7-18(13-23(24)30)28(15-17-5-3-2-4-6-17,39-26(40)38-21-9-10-27(34,35)16-21)19-11-20(31)14-22(12-19)42-29(36,37)25(32)33/h2-8,11-14,21,25H,9-10,15-16H2,1H3,(H2,38,39,40). The molecule has 2 amide bonds. The molecule has 3 aromatic rings. The van der Waals surface area contributed by atoms with Gasteiger partial charge in [-0.15, -0.1) is 0 Å². The van der Waals surface area contributed by atoms with Crippen molar-refractivity contribution in [1.82, 2.24) is 10.6 Å². The Kier molecular flexibility index (Phi) is 9.15. The molecular weight excluding hydrogens is 593 g/mol. The summed E-state index contributed by atoms with van der Waals surface area (Å²) in [6, 6.07) is 13.3. The molecule has 0 radical (unpaired) electrons. The highest BCUT2D eigenvalue weighted by Crippen LogP contribution is 2.40. The number of benzene rings is 3. The zero-order valence-corrected chi connectivity index (χ0v) is 22.8. The molecular formula is C29H26ClF7N2O3. The number of hydrogen-bond acceptors (Lipinski definition) is 3. The minimum Gasteiger partial charge on any atom is -0.495 e. The zero-order chi connectivity index (χ0) is 30.7. The number of nitrogens with one attached hydrogen (secondary N) is 2. The summed E-state index contributed by atoms with van der Waals surface area (Å²) in [5.41, 5.74) is -1.22. The number of carbonyl (C=O) groups excluding carboxylic acids is 1. The molecule has 1 aliphatic carbocycles. The van der Waals surface area contributed by atoms with Gasteiger partial charge in [0.15, 0.2) is 0 Å². The smallest absolute Gasteiger partial charge is 0.461 e. The molecule has 0 aromatic heterocycles. The molecule has 0 saturated heterocycles. The average Bonchev–Trinajstić information content (AvgIpc) is 3.25. The molecule has 5 nitrogen and oxygen atoms in total. The van der Waals surface area contributed by atoms with Gasteiger partial charge in [-0.2, -0.15) is 17.6 Å². The Hall–Kier alpha value is -3.67. The third kappa shape index (κ3) is 7.21. The first-order chi connectivity index (χ1) is 19.7. The van der Waals surface area contributed by atoms with Gasteiger partial charge in [-0.05, 0) is 47.4 Å². The highest BCUT2D eigenvalue weighted by Gasteiger charge is 2.45. The Bertz CT molecular complexity index is 1410. The topological polar surface area (TPSA) is 59.6 Å². The molecule has 13 heteroatoms. The van der Waals surface area contributed by atoms with E-state index < -0.39 is 60.5 Å². The average molecular weight is 619 g/mol. The highest BCUT2D eigenvalue weighted by atomic mass is 35.5. The van der Waals surface area contributed by atoms with Crippen LogP contribution in [-0.2, 0) is 12.0 Å². The predicted molar refractivity (Wildman–Crippen MR) is 141 cm³/mol. The van der Waals surface area contributed by atoms with Gasteiger partial charge in [-0.25, -0.2) is 18.0 Å². The number of urea groups is 1. The number of ether oxygens (including phenoxy) is 2. The lowest BCUT2D eigenvalue weighted by atomic mass is 9.77. The monoisotopic (exact) mass is 618 g/mol. The molecule has 0 heterocycles. The molecule has 1 saturated carbocycles. The Morgan fingerprint density at radius 1 is 1.07 bits per heavy atom. The molecule has 226 valence electrons. The van der Waals surface area contributed by atoms with Crippen LogP contribution in [0.1, 0.15) is 36.0 Å². The van der Waals surface area contributed by atoms with E-state index in [9.17, 15) is 35.5 Å². The van der Waals surface area contributed by atoms with Gasteiger partial charge in [0.2, 0.25) is 5.92 Å². The van der Waals surface area contributed by atoms with Crippen molar-refractivity contribution in [2.45, 2.75) is 55.7 Å². The maximum absolute atomic E-state index is 15.0. The molecule has 2 unspecified atom stereocenters. The van der Waals surface area contributed by atoms with Gasteiger partial charge in [0, 0.05) is 31.4 Å². The van der Waals surface area contributed by atoms with Crippen LogP contribution in [0.15, 0.2) is 66.7 Å². The van der Waals surface area contributed by atoms with E-state index in [1.54, 1.807) is 30.3 Å². The van der Waals surface area contributed by atoms with Gasteiger partial charge in [0.05, 0.1) is 17.7 Å². The number of carbonyl (C=O) groups is 1. The van der Waals surface area contributed by atoms with Crippen LogP contribution in [0.4, 0.5) is 35.5 Å². The van der Waals surface area contributed by atoms with E-state index in [4.69, 9.17) is 16.3 Å². The predicted octanol–water partition coefficient (Wildman–Crippen LogP) is 7.70. The van der Waals surface area contributed by atoms with Gasteiger partial charge < -0.3 is 20.1 Å². The van der Waals surface area contributed by atoms with Crippen LogP contribution in [0.2, 0.25) is 5.02 Å². The number of amides is 2. The first-order valence-corrected chi connectivity index (χ1v) is 13.1. The Labute approximate surface area is 242 Å². The molecule has 4 rings (SSSR count). The maximum Gasteiger partial charge on any atom is 0.461 e. The third-order valence-electron chi connectivity index (χ3n) is 6.89. The fraction of sp³-hybridized carbons (Fsp3) is 0.345. The molecule has 0 spiro atoms. The Morgan fingerprint density at radius 3 is 2.38 bits per heavy atom. The largest absolute Gasteiger partial charge is 0.495 e. The van der Waals surface area contributed by atoms with E-state index in [1.165, 1.54) is 25.3 Å². The fourth-order valence-corrected chi connectivity index (χ4v) is 5.21. The van der Waals surface area contributed by atoms with Crippen LogP contribution in [0.3, 0.4) is 0 Å². The summed E-state index contributed by atoms with van der Waals surface area (Å²) in [5, 5.41) is 5.29. The molecule has 0 aliphatic heterocycles. The summed E-state index contributed by atoms with van der Waals surface area (Å²) in [4.78, 5) is 13.4. The number of alkyl halides is 6. The summed E-state index contributed by atoms with van der Waals surface area (Å²) >= 11 is 6.40. The second-order valence-electron chi connectivity index (χ2n) is 9.95. The molecule has 3 aromatic carbocycles. The van der Waals surface area contributed by atoms with Crippen molar-refractivity contribution in [3.63, 3.8) is 0 Å². The number of halogens is 8. The van der Waals surface area contributed by atoms with E-state index in [-0.39, 0.29) is 34.7 Å². The van der Waals surface area contributed by atoms with Crippen molar-refractivity contribution >= 4 is 17.6 Å².